The maximum atomic E-state index is 12.5. The number of nitrogens with one attached hydrogen (secondary N) is 1. The molecule has 1 heterocycles. The number of carbonyl (C=O) groups is 3. The molecule has 0 bridgehead atoms. The molecule has 0 aliphatic carbocycles. The van der Waals surface area contributed by atoms with E-state index in [1.807, 2.05) is 21.0 Å². The summed E-state index contributed by atoms with van der Waals surface area (Å²) < 4.78 is 9.70. The molecule has 0 radical (unpaired) electrons. The van der Waals surface area contributed by atoms with Crippen molar-refractivity contribution in [3.05, 3.63) is 59.5 Å². The number of hydrogen-bond acceptors (Lipinski definition) is 7. The van der Waals surface area contributed by atoms with Crippen LogP contribution in [0.4, 0.5) is 11.4 Å². The number of carbonyl (C=O) groups excluding carboxylic acids is 3. The number of allylic oxidation sites excluding steroid dienone is 2. The summed E-state index contributed by atoms with van der Waals surface area (Å²) in [6.45, 7) is 2.11. The lowest BCUT2D eigenvalue weighted by atomic mass is 10.1. The number of rotatable bonds is 6. The molecule has 2 rings (SSSR count). The van der Waals surface area contributed by atoms with Crippen molar-refractivity contribution in [1.29, 1.82) is 0 Å². The number of likely N-dealkylation sites (N-methyl/N-ethyl adjacent to an activating group) is 1. The van der Waals surface area contributed by atoms with Gasteiger partial charge in [0.25, 0.3) is 0 Å². The Labute approximate surface area is 170 Å². The molecule has 1 aliphatic rings. The van der Waals surface area contributed by atoms with Gasteiger partial charge in [0.15, 0.2) is 0 Å². The van der Waals surface area contributed by atoms with E-state index in [9.17, 15) is 14.4 Å². The van der Waals surface area contributed by atoms with Gasteiger partial charge in [-0.15, -0.1) is 0 Å². The highest BCUT2D eigenvalue weighted by molar-refractivity contribution is 6.05. The van der Waals surface area contributed by atoms with Crippen molar-refractivity contribution < 1.29 is 23.9 Å². The lowest BCUT2D eigenvalue weighted by Gasteiger charge is -2.24. The fraction of sp³-hybridized carbons (Fsp3) is 0.286. The highest BCUT2D eigenvalue weighted by Gasteiger charge is 2.27. The lowest BCUT2D eigenvalue weighted by molar-refractivity contribution is -0.139. The molecule has 0 aromatic heterocycles. The maximum absolute atomic E-state index is 12.5. The van der Waals surface area contributed by atoms with Gasteiger partial charge in [-0.2, -0.15) is 0 Å². The standard InChI is InChI=1S/C21H25N3O5/c1-14-12-15(9-10-17(14)22-18(25)13-23(2)3)24-11-7-6-8-16(20(26)28-4)19(24)21(27)29-5/h6-12H,13H2,1-5H3,(H,22,25). The molecule has 1 N–H and O–H groups in total. The Balaban J connectivity index is 2.45. The number of ether oxygens (including phenoxy) is 2. The van der Waals surface area contributed by atoms with Gasteiger partial charge in [-0.3, -0.25) is 4.79 Å². The summed E-state index contributed by atoms with van der Waals surface area (Å²) in [6.07, 6.45) is 6.48. The molecule has 8 nitrogen and oxygen atoms in total. The average molecular weight is 399 g/mol. The summed E-state index contributed by atoms with van der Waals surface area (Å²) in [6, 6.07) is 5.29. The highest BCUT2D eigenvalue weighted by Crippen LogP contribution is 2.29. The van der Waals surface area contributed by atoms with Crippen LogP contribution in [-0.2, 0) is 23.9 Å². The molecule has 0 fully saturated rings. The van der Waals surface area contributed by atoms with Gasteiger partial charge in [0.2, 0.25) is 5.91 Å². The first-order chi connectivity index (χ1) is 13.8. The van der Waals surface area contributed by atoms with Gasteiger partial charge in [0.1, 0.15) is 5.70 Å². The Morgan fingerprint density at radius 3 is 2.34 bits per heavy atom. The van der Waals surface area contributed by atoms with Crippen molar-refractivity contribution >= 4 is 29.2 Å². The minimum Gasteiger partial charge on any atom is -0.465 e. The molecule has 1 amide bonds. The Hall–Kier alpha value is -3.39. The lowest BCUT2D eigenvalue weighted by Crippen LogP contribution is -2.28. The Morgan fingerprint density at radius 2 is 1.76 bits per heavy atom. The summed E-state index contributed by atoms with van der Waals surface area (Å²) in [5.41, 5.74) is 2.19. The van der Waals surface area contributed by atoms with Crippen molar-refractivity contribution in [3.63, 3.8) is 0 Å². The summed E-state index contributed by atoms with van der Waals surface area (Å²) >= 11 is 0. The van der Waals surface area contributed by atoms with E-state index in [-0.39, 0.29) is 23.7 Å². The molecule has 1 aliphatic heterocycles. The molecule has 154 valence electrons. The number of anilines is 2. The first-order valence-corrected chi connectivity index (χ1v) is 8.88. The van der Waals surface area contributed by atoms with Crippen molar-refractivity contribution in [2.45, 2.75) is 6.92 Å². The molecule has 1 aromatic carbocycles. The first kappa shape index (κ1) is 21.9. The minimum absolute atomic E-state index is 0.0353. The third kappa shape index (κ3) is 5.32. The van der Waals surface area contributed by atoms with E-state index in [4.69, 9.17) is 9.47 Å². The largest absolute Gasteiger partial charge is 0.465 e. The predicted octanol–water partition coefficient (Wildman–Crippen LogP) is 1.99. The summed E-state index contributed by atoms with van der Waals surface area (Å²) in [5.74, 6) is -1.46. The topological polar surface area (TPSA) is 88.2 Å². The Kier molecular flexibility index (Phi) is 7.33. The van der Waals surface area contributed by atoms with Gasteiger partial charge in [0.05, 0.1) is 26.3 Å². The number of aryl methyl sites for hydroxylation is 1. The highest BCUT2D eigenvalue weighted by atomic mass is 16.5. The molecule has 29 heavy (non-hydrogen) atoms. The van der Waals surface area contributed by atoms with Gasteiger partial charge in [-0.25, -0.2) is 9.59 Å². The van der Waals surface area contributed by atoms with Crippen molar-refractivity contribution in [1.82, 2.24) is 4.90 Å². The Morgan fingerprint density at radius 1 is 1.07 bits per heavy atom. The first-order valence-electron chi connectivity index (χ1n) is 8.88. The predicted molar refractivity (Wildman–Crippen MR) is 110 cm³/mol. The molecule has 0 spiro atoms. The van der Waals surface area contributed by atoms with Crippen LogP contribution in [0, 0.1) is 6.92 Å². The SMILES string of the molecule is COC(=O)C1=C(C(=O)OC)N(c2ccc(NC(=O)CN(C)C)c(C)c2)C=CC=C1. The van der Waals surface area contributed by atoms with Crippen LogP contribution in [0.2, 0.25) is 0 Å². The van der Waals surface area contributed by atoms with E-state index in [0.717, 1.165) is 5.56 Å². The molecule has 0 saturated heterocycles. The van der Waals surface area contributed by atoms with Crippen LogP contribution >= 0.6 is 0 Å². The molecule has 0 unspecified atom stereocenters. The van der Waals surface area contributed by atoms with Gasteiger partial charge in [-0.05, 0) is 56.9 Å². The fourth-order valence-corrected chi connectivity index (χ4v) is 2.78. The van der Waals surface area contributed by atoms with Gasteiger partial charge in [0, 0.05) is 17.6 Å². The normalized spacial score (nSPS) is 13.4. The van der Waals surface area contributed by atoms with Crippen LogP contribution in [0.25, 0.3) is 0 Å². The Bertz CT molecular complexity index is 900. The molecule has 8 heteroatoms. The van der Waals surface area contributed by atoms with Crippen LogP contribution in [-0.4, -0.2) is 57.6 Å². The summed E-state index contributed by atoms with van der Waals surface area (Å²) in [5, 5.41) is 2.86. The minimum atomic E-state index is -0.678. The quantitative estimate of drug-likeness (QED) is 0.732. The van der Waals surface area contributed by atoms with Crippen LogP contribution in [0.5, 0.6) is 0 Å². The second-order valence-corrected chi connectivity index (χ2v) is 6.60. The van der Waals surface area contributed by atoms with E-state index >= 15 is 0 Å². The zero-order valence-corrected chi connectivity index (χ0v) is 17.2. The monoisotopic (exact) mass is 399 g/mol. The second-order valence-electron chi connectivity index (χ2n) is 6.60. The zero-order chi connectivity index (χ0) is 21.6. The molecular formula is C21H25N3O5. The summed E-state index contributed by atoms with van der Waals surface area (Å²) in [7, 11) is 6.12. The average Bonchev–Trinajstić information content (AvgIpc) is 2.90. The fourth-order valence-electron chi connectivity index (χ4n) is 2.78. The molecule has 0 saturated carbocycles. The van der Waals surface area contributed by atoms with E-state index in [1.165, 1.54) is 20.3 Å². The van der Waals surface area contributed by atoms with E-state index in [1.54, 1.807) is 46.4 Å². The van der Waals surface area contributed by atoms with Crippen molar-refractivity contribution in [3.8, 4) is 0 Å². The van der Waals surface area contributed by atoms with Crippen LogP contribution < -0.4 is 10.2 Å². The van der Waals surface area contributed by atoms with E-state index < -0.39 is 11.9 Å². The third-order valence-electron chi connectivity index (χ3n) is 4.11. The molecule has 0 atom stereocenters. The number of benzene rings is 1. The van der Waals surface area contributed by atoms with Crippen LogP contribution in [0.15, 0.2) is 53.9 Å². The van der Waals surface area contributed by atoms with Crippen LogP contribution in [0.3, 0.4) is 0 Å². The molecular weight excluding hydrogens is 374 g/mol. The number of amides is 1. The number of methoxy groups -OCH3 is 2. The second kappa shape index (κ2) is 9.70. The zero-order valence-electron chi connectivity index (χ0n) is 17.2. The smallest absolute Gasteiger partial charge is 0.355 e. The summed E-state index contributed by atoms with van der Waals surface area (Å²) in [4.78, 5) is 40.0. The van der Waals surface area contributed by atoms with E-state index in [0.29, 0.717) is 11.4 Å². The maximum Gasteiger partial charge on any atom is 0.355 e. The van der Waals surface area contributed by atoms with Crippen LogP contribution in [0.1, 0.15) is 5.56 Å². The van der Waals surface area contributed by atoms with Gasteiger partial charge < -0.3 is 24.6 Å². The number of hydrogen-bond donors (Lipinski definition) is 1. The number of esters is 2. The number of nitrogens with zero attached hydrogens (tertiary/aromatic N) is 2. The van der Waals surface area contributed by atoms with Crippen molar-refractivity contribution in [2.75, 3.05) is 45.1 Å². The third-order valence-corrected chi connectivity index (χ3v) is 4.11. The van der Waals surface area contributed by atoms with Gasteiger partial charge >= 0.3 is 11.9 Å². The molecule has 1 aromatic rings. The van der Waals surface area contributed by atoms with Crippen molar-refractivity contribution in [2.24, 2.45) is 0 Å². The van der Waals surface area contributed by atoms with E-state index in [2.05, 4.69) is 5.32 Å². The van der Waals surface area contributed by atoms with Gasteiger partial charge in [-0.1, -0.05) is 6.08 Å².